The minimum atomic E-state index is 0.0563. The van der Waals surface area contributed by atoms with Gasteiger partial charge < -0.3 is 4.74 Å². The van der Waals surface area contributed by atoms with Gasteiger partial charge in [0.15, 0.2) is 0 Å². The van der Waals surface area contributed by atoms with E-state index >= 15 is 0 Å². The summed E-state index contributed by atoms with van der Waals surface area (Å²) in [6, 6.07) is 10.8. The summed E-state index contributed by atoms with van der Waals surface area (Å²) in [5.74, 6) is 1.02. The lowest BCUT2D eigenvalue weighted by atomic mass is 9.83. The quantitative estimate of drug-likeness (QED) is 0.723. The summed E-state index contributed by atoms with van der Waals surface area (Å²) in [7, 11) is 0. The molecule has 0 saturated carbocycles. The molecule has 21 heavy (non-hydrogen) atoms. The number of ether oxygens (including phenoxy) is 1. The lowest BCUT2D eigenvalue weighted by molar-refractivity contribution is 0.291. The highest BCUT2D eigenvalue weighted by Gasteiger charge is 2.33. The van der Waals surface area contributed by atoms with Crippen molar-refractivity contribution in [1.82, 2.24) is 14.8 Å². The van der Waals surface area contributed by atoms with Crippen LogP contribution in [0.15, 0.2) is 43.0 Å². The van der Waals surface area contributed by atoms with Crippen molar-refractivity contribution in [1.29, 1.82) is 0 Å². The van der Waals surface area contributed by atoms with E-state index in [9.17, 15) is 0 Å². The van der Waals surface area contributed by atoms with Gasteiger partial charge in [0.2, 0.25) is 0 Å². The summed E-state index contributed by atoms with van der Waals surface area (Å²) in [6.07, 6.45) is 3.31. The largest absolute Gasteiger partial charge is 0.492 e. The van der Waals surface area contributed by atoms with Crippen molar-refractivity contribution in [3.63, 3.8) is 0 Å². The van der Waals surface area contributed by atoms with Crippen LogP contribution in [0, 0.1) is 0 Å². The van der Waals surface area contributed by atoms with Crippen molar-refractivity contribution in [2.45, 2.75) is 25.8 Å². The van der Waals surface area contributed by atoms with Crippen molar-refractivity contribution < 1.29 is 4.74 Å². The van der Waals surface area contributed by atoms with Crippen molar-refractivity contribution >= 4 is 10.8 Å². The number of hydrogen-bond acceptors (Lipinski definition) is 3. The average Bonchev–Trinajstić information content (AvgIpc) is 3.07. The van der Waals surface area contributed by atoms with Crippen LogP contribution in [0.4, 0.5) is 0 Å². The monoisotopic (exact) mass is 279 g/mol. The van der Waals surface area contributed by atoms with Crippen LogP contribution in [0.3, 0.4) is 0 Å². The third kappa shape index (κ3) is 1.98. The molecule has 0 aliphatic carbocycles. The van der Waals surface area contributed by atoms with Crippen LogP contribution < -0.4 is 4.74 Å². The van der Waals surface area contributed by atoms with Gasteiger partial charge in [-0.1, -0.05) is 32.0 Å². The molecule has 0 amide bonds. The second-order valence-corrected chi connectivity index (χ2v) is 6.26. The highest BCUT2D eigenvalue weighted by Crippen LogP contribution is 2.43. The van der Waals surface area contributed by atoms with Gasteiger partial charge in [0.25, 0.3) is 0 Å². The number of nitrogens with zero attached hydrogens (tertiary/aromatic N) is 3. The van der Waals surface area contributed by atoms with E-state index < -0.39 is 0 Å². The van der Waals surface area contributed by atoms with E-state index in [1.165, 1.54) is 21.9 Å². The fourth-order valence-corrected chi connectivity index (χ4v) is 3.10. The summed E-state index contributed by atoms with van der Waals surface area (Å²) >= 11 is 0. The van der Waals surface area contributed by atoms with Gasteiger partial charge in [-0.15, -0.1) is 0 Å². The Bertz CT molecular complexity index is 806. The number of rotatable bonds is 2. The predicted octanol–water partition coefficient (Wildman–Crippen LogP) is 3.15. The normalized spacial score (nSPS) is 15.9. The molecule has 0 atom stereocenters. The fraction of sp³-hybridized carbons (Fsp3) is 0.294. The maximum Gasteiger partial charge on any atom is 0.137 e. The average molecular weight is 279 g/mol. The van der Waals surface area contributed by atoms with Gasteiger partial charge in [-0.3, -0.25) is 0 Å². The van der Waals surface area contributed by atoms with Gasteiger partial charge in [-0.25, -0.2) is 9.67 Å². The maximum atomic E-state index is 5.84. The summed E-state index contributed by atoms with van der Waals surface area (Å²) < 4.78 is 7.68. The summed E-state index contributed by atoms with van der Waals surface area (Å²) in [5.41, 5.74) is 2.60. The molecule has 1 aromatic heterocycles. The standard InChI is InChI=1S/C17H17N3O/c1-17(2)9-21-15-6-5-13-4-3-12(7-14(13)16(15)17)8-20-11-18-10-19-20/h3-7,10-11H,8-9H2,1-2H3. The van der Waals surface area contributed by atoms with Crippen LogP contribution >= 0.6 is 0 Å². The molecule has 4 heteroatoms. The third-order valence-electron chi connectivity index (χ3n) is 4.12. The van der Waals surface area contributed by atoms with Crippen LogP contribution in [0.2, 0.25) is 0 Å². The fourth-order valence-electron chi connectivity index (χ4n) is 3.10. The molecule has 2 heterocycles. The molecule has 0 saturated heterocycles. The Kier molecular flexibility index (Phi) is 2.55. The van der Waals surface area contributed by atoms with Crippen LogP contribution in [0.5, 0.6) is 5.75 Å². The molecule has 1 aliphatic heterocycles. The second kappa shape index (κ2) is 4.32. The molecule has 4 nitrogen and oxygen atoms in total. The first-order valence-corrected chi connectivity index (χ1v) is 7.15. The Morgan fingerprint density at radius 2 is 2.10 bits per heavy atom. The van der Waals surface area contributed by atoms with Crippen molar-refractivity contribution in [2.24, 2.45) is 0 Å². The zero-order valence-electron chi connectivity index (χ0n) is 12.2. The molecule has 0 radical (unpaired) electrons. The summed E-state index contributed by atoms with van der Waals surface area (Å²) in [6.45, 7) is 5.96. The van der Waals surface area contributed by atoms with Gasteiger partial charge in [-0.05, 0) is 28.5 Å². The van der Waals surface area contributed by atoms with Gasteiger partial charge in [0.05, 0.1) is 13.2 Å². The first kappa shape index (κ1) is 12.4. The highest BCUT2D eigenvalue weighted by molar-refractivity contribution is 5.90. The Morgan fingerprint density at radius 3 is 2.90 bits per heavy atom. The molecule has 0 unspecified atom stereocenters. The predicted molar refractivity (Wildman–Crippen MR) is 81.6 cm³/mol. The van der Waals surface area contributed by atoms with Crippen molar-refractivity contribution in [2.75, 3.05) is 6.61 Å². The summed E-state index contributed by atoms with van der Waals surface area (Å²) in [5, 5.41) is 6.72. The molecular weight excluding hydrogens is 262 g/mol. The molecular formula is C17H17N3O. The summed E-state index contributed by atoms with van der Waals surface area (Å²) in [4.78, 5) is 3.99. The SMILES string of the molecule is CC1(C)COc2ccc3ccc(Cn4cncn4)cc3c21. The highest BCUT2D eigenvalue weighted by atomic mass is 16.5. The van der Waals surface area contributed by atoms with E-state index in [1.807, 2.05) is 4.68 Å². The lowest BCUT2D eigenvalue weighted by Gasteiger charge is -2.18. The molecule has 0 N–H and O–H groups in total. The zero-order chi connectivity index (χ0) is 14.4. The van der Waals surface area contributed by atoms with E-state index in [4.69, 9.17) is 4.74 Å². The zero-order valence-corrected chi connectivity index (χ0v) is 12.2. The molecule has 0 spiro atoms. The second-order valence-electron chi connectivity index (χ2n) is 6.26. The maximum absolute atomic E-state index is 5.84. The van der Waals surface area contributed by atoms with Gasteiger partial charge in [0, 0.05) is 11.0 Å². The smallest absolute Gasteiger partial charge is 0.137 e. The number of benzene rings is 2. The lowest BCUT2D eigenvalue weighted by Crippen LogP contribution is -2.18. The van der Waals surface area contributed by atoms with Crippen LogP contribution in [-0.4, -0.2) is 21.4 Å². The van der Waals surface area contributed by atoms with Crippen LogP contribution in [-0.2, 0) is 12.0 Å². The Balaban J connectivity index is 1.87. The molecule has 106 valence electrons. The van der Waals surface area contributed by atoms with E-state index in [1.54, 1.807) is 12.7 Å². The van der Waals surface area contributed by atoms with E-state index in [-0.39, 0.29) is 5.41 Å². The molecule has 4 rings (SSSR count). The van der Waals surface area contributed by atoms with E-state index in [2.05, 4.69) is 54.3 Å². The van der Waals surface area contributed by atoms with Crippen LogP contribution in [0.1, 0.15) is 25.0 Å². The minimum Gasteiger partial charge on any atom is -0.492 e. The molecule has 2 aromatic carbocycles. The van der Waals surface area contributed by atoms with Crippen molar-refractivity contribution in [3.8, 4) is 5.75 Å². The van der Waals surface area contributed by atoms with Crippen molar-refractivity contribution in [3.05, 3.63) is 54.1 Å². The first-order chi connectivity index (χ1) is 10.1. The Morgan fingerprint density at radius 1 is 1.24 bits per heavy atom. The van der Waals surface area contributed by atoms with Gasteiger partial charge in [-0.2, -0.15) is 5.10 Å². The Labute approximate surface area is 123 Å². The van der Waals surface area contributed by atoms with Crippen LogP contribution in [0.25, 0.3) is 10.8 Å². The number of fused-ring (bicyclic) bond motifs is 3. The van der Waals surface area contributed by atoms with E-state index in [0.717, 1.165) is 18.9 Å². The molecule has 1 aliphatic rings. The molecule has 0 fully saturated rings. The third-order valence-corrected chi connectivity index (χ3v) is 4.12. The molecule has 0 bridgehead atoms. The topological polar surface area (TPSA) is 39.9 Å². The van der Waals surface area contributed by atoms with E-state index in [0.29, 0.717) is 0 Å². The number of aromatic nitrogens is 3. The van der Waals surface area contributed by atoms with Gasteiger partial charge in [0.1, 0.15) is 18.4 Å². The minimum absolute atomic E-state index is 0.0563. The Hall–Kier alpha value is -2.36. The molecule has 3 aromatic rings. The first-order valence-electron chi connectivity index (χ1n) is 7.15. The van der Waals surface area contributed by atoms with Gasteiger partial charge >= 0.3 is 0 Å². The number of hydrogen-bond donors (Lipinski definition) is 0.